The van der Waals surface area contributed by atoms with Gasteiger partial charge in [-0.3, -0.25) is 14.0 Å². The summed E-state index contributed by atoms with van der Waals surface area (Å²) in [6, 6.07) is 3.84. The van der Waals surface area contributed by atoms with Gasteiger partial charge in [-0.15, -0.1) is 0 Å². The summed E-state index contributed by atoms with van der Waals surface area (Å²) in [6.45, 7) is 9.06. The molecule has 3 aromatic rings. The standard InChI is InChI=1S/C22H27ClN6O4S2/c1-8(2)12-6-9(3)15(13(23)7-12)26-20(33)16-10(4)25-22(34-16)28-21-14(19(32)29-35-21)17(24)27-18(31)11(5)30/h6-8,11,18,30-31H,1-5H3,(H2,24,27)(H,25,28)(H,26,33)(H,29,32). The van der Waals surface area contributed by atoms with E-state index in [9.17, 15) is 19.8 Å². The third-order valence-electron chi connectivity index (χ3n) is 5.10. The van der Waals surface area contributed by atoms with E-state index in [1.165, 1.54) is 6.92 Å². The Morgan fingerprint density at radius 2 is 1.94 bits per heavy atom. The molecule has 13 heteroatoms. The third kappa shape index (κ3) is 6.08. The number of nitrogens with two attached hydrogens (primary N) is 1. The molecule has 35 heavy (non-hydrogen) atoms. The Hall–Kier alpha value is -2.77. The summed E-state index contributed by atoms with van der Waals surface area (Å²) in [6.07, 6.45) is -2.64. The number of aliphatic hydroxyl groups excluding tert-OH is 2. The molecule has 0 radical (unpaired) electrons. The molecular weight excluding hydrogens is 512 g/mol. The van der Waals surface area contributed by atoms with E-state index in [-0.39, 0.29) is 17.3 Å². The average Bonchev–Trinajstić information content (AvgIpc) is 3.32. The maximum absolute atomic E-state index is 13.0. The van der Waals surface area contributed by atoms with Crippen molar-refractivity contribution in [1.29, 1.82) is 0 Å². The summed E-state index contributed by atoms with van der Waals surface area (Å²) in [5.74, 6) is -0.305. The van der Waals surface area contributed by atoms with E-state index < -0.39 is 17.9 Å². The minimum Gasteiger partial charge on any atom is -0.389 e. The van der Waals surface area contributed by atoms with Gasteiger partial charge < -0.3 is 26.6 Å². The zero-order valence-electron chi connectivity index (χ0n) is 19.8. The summed E-state index contributed by atoms with van der Waals surface area (Å²) in [5, 5.41) is 26.2. The topological polar surface area (TPSA) is 166 Å². The maximum atomic E-state index is 13.0. The van der Waals surface area contributed by atoms with E-state index >= 15 is 0 Å². The van der Waals surface area contributed by atoms with E-state index in [0.717, 1.165) is 34.0 Å². The van der Waals surface area contributed by atoms with Crippen molar-refractivity contribution >= 4 is 62.0 Å². The second-order valence-electron chi connectivity index (χ2n) is 8.27. The number of nitrogens with one attached hydrogen (secondary N) is 3. The highest BCUT2D eigenvalue weighted by molar-refractivity contribution is 7.18. The number of aryl methyl sites for hydroxylation is 2. The number of rotatable bonds is 8. The number of hydrogen-bond donors (Lipinski definition) is 6. The minimum absolute atomic E-state index is 0.00111. The SMILES string of the molecule is Cc1cc(C(C)C)cc(Cl)c1NC(=O)c1sc(Nc2s[nH]c(=O)c2C(N)=NC(O)C(C)O)nc1C. The summed E-state index contributed by atoms with van der Waals surface area (Å²) in [4.78, 5) is 33.8. The second kappa shape index (κ2) is 10.9. The van der Waals surface area contributed by atoms with E-state index in [0.29, 0.717) is 37.3 Å². The first-order chi connectivity index (χ1) is 16.4. The van der Waals surface area contributed by atoms with Crippen molar-refractivity contribution in [2.24, 2.45) is 10.7 Å². The molecule has 0 aliphatic rings. The number of carbonyl (C=O) groups excluding carboxylic acids is 1. The summed E-state index contributed by atoms with van der Waals surface area (Å²) < 4.78 is 2.54. The van der Waals surface area contributed by atoms with Crippen molar-refractivity contribution in [3.05, 3.63) is 54.8 Å². The molecule has 0 aliphatic carbocycles. The highest BCUT2D eigenvalue weighted by Gasteiger charge is 2.22. The zero-order valence-corrected chi connectivity index (χ0v) is 22.2. The molecule has 2 unspecified atom stereocenters. The molecule has 0 fully saturated rings. The molecule has 0 saturated heterocycles. The van der Waals surface area contributed by atoms with Gasteiger partial charge in [0.05, 0.1) is 22.5 Å². The van der Waals surface area contributed by atoms with Crippen molar-refractivity contribution in [3.63, 3.8) is 0 Å². The molecule has 10 nitrogen and oxygen atoms in total. The van der Waals surface area contributed by atoms with Gasteiger partial charge in [0.2, 0.25) is 0 Å². The van der Waals surface area contributed by atoms with Gasteiger partial charge in [0.15, 0.2) is 11.4 Å². The molecule has 2 atom stereocenters. The van der Waals surface area contributed by atoms with Crippen LogP contribution in [0.25, 0.3) is 0 Å². The quantitative estimate of drug-likeness (QED) is 0.188. The molecule has 188 valence electrons. The fourth-order valence-corrected chi connectivity index (χ4v) is 5.13. The Morgan fingerprint density at radius 3 is 2.54 bits per heavy atom. The van der Waals surface area contributed by atoms with Crippen LogP contribution in [0.1, 0.15) is 58.7 Å². The number of amidine groups is 1. The number of benzene rings is 1. The number of amides is 1. The first kappa shape index (κ1) is 26.8. The highest BCUT2D eigenvalue weighted by atomic mass is 35.5. The number of anilines is 3. The number of aliphatic imine (C=N–C) groups is 1. The van der Waals surface area contributed by atoms with Gasteiger partial charge >= 0.3 is 0 Å². The smallest absolute Gasteiger partial charge is 0.271 e. The van der Waals surface area contributed by atoms with Crippen LogP contribution in [0, 0.1) is 13.8 Å². The Kier molecular flexibility index (Phi) is 8.34. The van der Waals surface area contributed by atoms with Gasteiger partial charge in [-0.05, 0) is 55.4 Å². The summed E-state index contributed by atoms with van der Waals surface area (Å²) >= 11 is 8.50. The third-order valence-corrected chi connectivity index (χ3v) is 7.26. The molecule has 0 saturated carbocycles. The van der Waals surface area contributed by atoms with Gasteiger partial charge in [0.25, 0.3) is 11.5 Å². The number of nitrogens with zero attached hydrogens (tertiary/aromatic N) is 2. The molecular formula is C22H27ClN6O4S2. The highest BCUT2D eigenvalue weighted by Crippen LogP contribution is 2.33. The Labute approximate surface area is 215 Å². The Balaban J connectivity index is 1.85. The molecule has 3 rings (SSSR count). The lowest BCUT2D eigenvalue weighted by atomic mass is 10.00. The lowest BCUT2D eigenvalue weighted by molar-refractivity contribution is 0.0376. The van der Waals surface area contributed by atoms with Crippen LogP contribution in [0.3, 0.4) is 0 Å². The lowest BCUT2D eigenvalue weighted by Gasteiger charge is -2.14. The van der Waals surface area contributed by atoms with Crippen molar-refractivity contribution in [1.82, 2.24) is 9.36 Å². The molecule has 1 amide bonds. The maximum Gasteiger partial charge on any atom is 0.271 e. The normalized spacial score (nSPS) is 13.7. The van der Waals surface area contributed by atoms with Gasteiger partial charge in [-0.25, -0.2) is 9.98 Å². The van der Waals surface area contributed by atoms with Crippen molar-refractivity contribution in [2.45, 2.75) is 52.9 Å². The molecule has 0 bridgehead atoms. The van der Waals surface area contributed by atoms with E-state index in [1.807, 2.05) is 19.1 Å². The van der Waals surface area contributed by atoms with Gasteiger partial charge in [0, 0.05) is 0 Å². The average molecular weight is 539 g/mol. The molecule has 2 heterocycles. The number of hydrogen-bond acceptors (Lipinski definition) is 9. The van der Waals surface area contributed by atoms with Crippen LogP contribution in [0.5, 0.6) is 0 Å². The van der Waals surface area contributed by atoms with Crippen LogP contribution < -0.4 is 21.9 Å². The molecule has 0 aliphatic heterocycles. The van der Waals surface area contributed by atoms with Crippen LogP contribution >= 0.6 is 34.5 Å². The van der Waals surface area contributed by atoms with Crippen LogP contribution in [0.15, 0.2) is 21.9 Å². The Bertz CT molecular complexity index is 1300. The van der Waals surface area contributed by atoms with Crippen LogP contribution in [-0.2, 0) is 0 Å². The summed E-state index contributed by atoms with van der Waals surface area (Å²) in [5.41, 5.74) is 8.33. The number of H-pyrrole nitrogens is 1. The number of thiazole rings is 1. The second-order valence-corrected chi connectivity index (χ2v) is 10.5. The molecule has 2 aromatic heterocycles. The van der Waals surface area contributed by atoms with Crippen LogP contribution in [0.2, 0.25) is 5.02 Å². The molecule has 7 N–H and O–H groups in total. The van der Waals surface area contributed by atoms with Crippen LogP contribution in [0.4, 0.5) is 15.8 Å². The minimum atomic E-state index is -1.48. The Morgan fingerprint density at radius 1 is 1.26 bits per heavy atom. The van der Waals surface area contributed by atoms with E-state index in [2.05, 4.69) is 38.8 Å². The van der Waals surface area contributed by atoms with Crippen LogP contribution in [-0.4, -0.2) is 43.6 Å². The van der Waals surface area contributed by atoms with E-state index in [1.54, 1.807) is 6.92 Å². The number of aliphatic hydroxyl groups is 2. The molecule has 1 aromatic carbocycles. The zero-order chi connectivity index (χ0) is 26.0. The van der Waals surface area contributed by atoms with Crippen molar-refractivity contribution < 1.29 is 15.0 Å². The van der Waals surface area contributed by atoms with Crippen molar-refractivity contribution in [2.75, 3.05) is 10.6 Å². The van der Waals surface area contributed by atoms with Gasteiger partial charge in [-0.1, -0.05) is 42.9 Å². The monoisotopic (exact) mass is 538 g/mol. The predicted octanol–water partition coefficient (Wildman–Crippen LogP) is 3.69. The van der Waals surface area contributed by atoms with Crippen molar-refractivity contribution in [3.8, 4) is 0 Å². The summed E-state index contributed by atoms with van der Waals surface area (Å²) in [7, 11) is 0. The van der Waals surface area contributed by atoms with Gasteiger partial charge in [-0.2, -0.15) is 0 Å². The predicted molar refractivity (Wildman–Crippen MR) is 142 cm³/mol. The first-order valence-corrected chi connectivity index (χ1v) is 12.7. The number of halogens is 1. The van der Waals surface area contributed by atoms with Gasteiger partial charge in [0.1, 0.15) is 21.3 Å². The largest absolute Gasteiger partial charge is 0.389 e. The number of carbonyl (C=O) groups is 1. The molecule has 0 spiro atoms. The fourth-order valence-electron chi connectivity index (χ4n) is 3.13. The number of aromatic nitrogens is 2. The fraction of sp³-hybridized carbons (Fsp3) is 0.364. The van der Waals surface area contributed by atoms with E-state index in [4.69, 9.17) is 17.3 Å². The lowest BCUT2D eigenvalue weighted by Crippen LogP contribution is -2.28. The first-order valence-electron chi connectivity index (χ1n) is 10.7. The number of aromatic amines is 1.